The van der Waals surface area contributed by atoms with E-state index in [9.17, 15) is 13.2 Å². The Bertz CT molecular complexity index is 842. The van der Waals surface area contributed by atoms with Gasteiger partial charge in [0.1, 0.15) is 4.90 Å². The van der Waals surface area contributed by atoms with Gasteiger partial charge in [0.05, 0.1) is 11.6 Å². The van der Waals surface area contributed by atoms with Crippen LogP contribution in [0.2, 0.25) is 0 Å². The fourth-order valence-electron chi connectivity index (χ4n) is 6.73. The van der Waals surface area contributed by atoms with Crippen molar-refractivity contribution in [1.29, 1.82) is 0 Å². The zero-order valence-electron chi connectivity index (χ0n) is 16.6. The van der Waals surface area contributed by atoms with Crippen LogP contribution in [0.25, 0.3) is 0 Å². The molecule has 2 heterocycles. The van der Waals surface area contributed by atoms with Crippen LogP contribution < -0.4 is 0 Å². The van der Waals surface area contributed by atoms with Gasteiger partial charge in [0.15, 0.2) is 0 Å². The third-order valence-electron chi connectivity index (χ3n) is 7.55. The molecule has 0 atom stereocenters. The van der Waals surface area contributed by atoms with Crippen LogP contribution in [0.1, 0.15) is 44.9 Å². The Labute approximate surface area is 167 Å². The molecule has 4 bridgehead atoms. The lowest BCUT2D eigenvalue weighted by Crippen LogP contribution is -2.55. The van der Waals surface area contributed by atoms with E-state index >= 15 is 0 Å². The number of aromatic nitrogens is 2. The summed E-state index contributed by atoms with van der Waals surface area (Å²) in [6.45, 7) is 2.00. The van der Waals surface area contributed by atoms with Gasteiger partial charge in [0.25, 0.3) is 0 Å². The number of carbonyl (C=O) groups is 1. The van der Waals surface area contributed by atoms with Gasteiger partial charge < -0.3 is 4.90 Å². The Kier molecular flexibility index (Phi) is 4.36. The highest BCUT2D eigenvalue weighted by Gasteiger charge is 2.55. The van der Waals surface area contributed by atoms with E-state index in [1.807, 2.05) is 4.90 Å². The first kappa shape index (κ1) is 18.6. The first-order valence-electron chi connectivity index (χ1n) is 10.6. The zero-order valence-corrected chi connectivity index (χ0v) is 17.4. The van der Waals surface area contributed by atoms with Crippen molar-refractivity contribution in [2.24, 2.45) is 30.2 Å². The Balaban J connectivity index is 1.30. The maximum absolute atomic E-state index is 13.6. The minimum absolute atomic E-state index is 0.147. The van der Waals surface area contributed by atoms with E-state index < -0.39 is 10.0 Å². The molecule has 4 aliphatic carbocycles. The number of hydrogen-bond acceptors (Lipinski definition) is 4. The maximum Gasteiger partial charge on any atom is 0.246 e. The molecule has 1 aliphatic heterocycles. The van der Waals surface area contributed by atoms with Crippen molar-refractivity contribution >= 4 is 15.9 Å². The molecular weight excluding hydrogens is 376 g/mol. The Morgan fingerprint density at radius 2 is 1.68 bits per heavy atom. The van der Waals surface area contributed by atoms with E-state index in [-0.39, 0.29) is 10.3 Å². The predicted octanol–water partition coefficient (Wildman–Crippen LogP) is 1.86. The van der Waals surface area contributed by atoms with E-state index in [4.69, 9.17) is 0 Å². The highest BCUT2D eigenvalue weighted by Crippen LogP contribution is 2.60. The molecular formula is C20H30N4O3S. The summed E-state index contributed by atoms with van der Waals surface area (Å²) in [7, 11) is -1.83. The Morgan fingerprint density at radius 1 is 1.04 bits per heavy atom. The highest BCUT2D eigenvalue weighted by atomic mass is 32.2. The first-order chi connectivity index (χ1) is 13.4. The van der Waals surface area contributed by atoms with Crippen molar-refractivity contribution in [2.75, 3.05) is 26.2 Å². The number of sulfonamides is 1. The molecule has 1 amide bonds. The molecule has 8 heteroatoms. The molecule has 0 radical (unpaired) electrons. The van der Waals surface area contributed by atoms with Crippen molar-refractivity contribution in [1.82, 2.24) is 19.0 Å². The van der Waals surface area contributed by atoms with Gasteiger partial charge in [-0.1, -0.05) is 0 Å². The van der Waals surface area contributed by atoms with Crippen molar-refractivity contribution in [3.63, 3.8) is 0 Å². The zero-order chi connectivity index (χ0) is 19.5. The van der Waals surface area contributed by atoms with Crippen molar-refractivity contribution in [2.45, 2.75) is 49.8 Å². The van der Waals surface area contributed by atoms with Crippen LogP contribution in [0.5, 0.6) is 0 Å². The van der Waals surface area contributed by atoms with E-state index in [2.05, 4.69) is 5.10 Å². The average Bonchev–Trinajstić information content (AvgIpc) is 2.93. The molecule has 1 saturated heterocycles. The molecule has 0 spiro atoms. The molecule has 5 fully saturated rings. The fraction of sp³-hybridized carbons (Fsp3) is 0.800. The summed E-state index contributed by atoms with van der Waals surface area (Å²) in [6, 6.07) is 0. The normalized spacial score (nSPS) is 35.9. The molecule has 154 valence electrons. The molecule has 5 aliphatic rings. The van der Waals surface area contributed by atoms with Gasteiger partial charge in [-0.15, -0.1) is 0 Å². The summed E-state index contributed by atoms with van der Waals surface area (Å²) in [5, 5.41) is 4.00. The van der Waals surface area contributed by atoms with Gasteiger partial charge in [0.2, 0.25) is 15.9 Å². The molecule has 0 unspecified atom stereocenters. The Morgan fingerprint density at radius 3 is 2.25 bits per heavy atom. The maximum atomic E-state index is 13.6. The van der Waals surface area contributed by atoms with Gasteiger partial charge in [0, 0.05) is 39.4 Å². The van der Waals surface area contributed by atoms with Crippen LogP contribution in [-0.2, 0) is 21.9 Å². The summed E-state index contributed by atoms with van der Waals surface area (Å²) in [4.78, 5) is 15.8. The highest BCUT2D eigenvalue weighted by molar-refractivity contribution is 7.89. The minimum Gasteiger partial charge on any atom is -0.341 e. The second-order valence-electron chi connectivity index (χ2n) is 9.60. The lowest BCUT2D eigenvalue weighted by atomic mass is 9.49. The van der Waals surface area contributed by atoms with E-state index in [1.54, 1.807) is 13.2 Å². The number of hydrogen-bond donors (Lipinski definition) is 0. The molecule has 4 saturated carbocycles. The standard InChI is InChI=1S/C20H30N4O3S/c1-22-14-18(13-21-22)28(26,27)24-4-2-3-23(5-6-24)19(25)20-10-15-7-16(11-20)9-17(8-15)12-20/h13-17H,2-12H2,1H3. The van der Waals surface area contributed by atoms with Crippen molar-refractivity contribution in [3.05, 3.63) is 12.4 Å². The molecule has 0 N–H and O–H groups in total. The molecule has 6 rings (SSSR count). The summed E-state index contributed by atoms with van der Waals surface area (Å²) >= 11 is 0. The monoisotopic (exact) mass is 406 g/mol. The summed E-state index contributed by atoms with van der Waals surface area (Å²) in [5.74, 6) is 2.53. The first-order valence-corrected chi connectivity index (χ1v) is 12.1. The van der Waals surface area contributed by atoms with Gasteiger partial charge in [-0.3, -0.25) is 9.48 Å². The van der Waals surface area contributed by atoms with Gasteiger partial charge >= 0.3 is 0 Å². The lowest BCUT2D eigenvalue weighted by Gasteiger charge is -2.56. The van der Waals surface area contributed by atoms with E-state index in [1.165, 1.54) is 34.4 Å². The van der Waals surface area contributed by atoms with Crippen LogP contribution in [0, 0.1) is 23.2 Å². The van der Waals surface area contributed by atoms with Gasteiger partial charge in [-0.2, -0.15) is 9.40 Å². The SMILES string of the molecule is Cn1cc(S(=O)(=O)N2CCCN(C(=O)C34CC5CC(CC(C5)C3)C4)CC2)cn1. The molecule has 28 heavy (non-hydrogen) atoms. The topological polar surface area (TPSA) is 75.5 Å². The third-order valence-corrected chi connectivity index (χ3v) is 9.40. The number of nitrogens with zero attached hydrogens (tertiary/aromatic N) is 4. The minimum atomic E-state index is -3.55. The molecule has 1 aromatic heterocycles. The summed E-state index contributed by atoms with van der Waals surface area (Å²) in [6.07, 6.45) is 10.8. The molecule has 7 nitrogen and oxygen atoms in total. The van der Waals surface area contributed by atoms with Crippen LogP contribution in [0.15, 0.2) is 17.3 Å². The van der Waals surface area contributed by atoms with Crippen LogP contribution >= 0.6 is 0 Å². The van der Waals surface area contributed by atoms with Crippen molar-refractivity contribution < 1.29 is 13.2 Å². The smallest absolute Gasteiger partial charge is 0.246 e. The van der Waals surface area contributed by atoms with E-state index in [0.717, 1.165) is 37.0 Å². The number of rotatable bonds is 3. The quantitative estimate of drug-likeness (QED) is 0.768. The number of carbonyl (C=O) groups excluding carboxylic acids is 1. The number of aryl methyl sites for hydroxylation is 1. The second-order valence-corrected chi connectivity index (χ2v) is 11.5. The molecule has 1 aromatic rings. The second kappa shape index (κ2) is 6.55. The van der Waals surface area contributed by atoms with Crippen LogP contribution in [0.3, 0.4) is 0 Å². The summed E-state index contributed by atoms with van der Waals surface area (Å²) in [5.41, 5.74) is -0.147. The average molecular weight is 407 g/mol. The van der Waals surface area contributed by atoms with Crippen LogP contribution in [0.4, 0.5) is 0 Å². The van der Waals surface area contributed by atoms with Crippen LogP contribution in [-0.4, -0.2) is 59.5 Å². The third kappa shape index (κ3) is 3.00. The largest absolute Gasteiger partial charge is 0.341 e. The van der Waals surface area contributed by atoms with Gasteiger partial charge in [-0.25, -0.2) is 8.42 Å². The number of amides is 1. The Hall–Kier alpha value is -1.41. The lowest BCUT2D eigenvalue weighted by molar-refractivity contribution is -0.157. The van der Waals surface area contributed by atoms with Gasteiger partial charge in [-0.05, 0) is 62.7 Å². The van der Waals surface area contributed by atoms with Crippen molar-refractivity contribution in [3.8, 4) is 0 Å². The van der Waals surface area contributed by atoms with E-state index in [0.29, 0.717) is 38.5 Å². The molecule has 0 aromatic carbocycles. The summed E-state index contributed by atoms with van der Waals surface area (Å²) < 4.78 is 28.9. The predicted molar refractivity (Wildman–Crippen MR) is 104 cm³/mol. The fourth-order valence-corrected chi connectivity index (χ4v) is 8.18.